The van der Waals surface area contributed by atoms with E-state index in [-0.39, 0.29) is 6.04 Å². The molecule has 0 amide bonds. The number of hydrogen-bond acceptors (Lipinski definition) is 8. The number of aromatic nitrogens is 2. The van der Waals surface area contributed by atoms with Gasteiger partial charge < -0.3 is 15.1 Å². The molecule has 0 radical (unpaired) electrons. The number of nitrogens with zero attached hydrogens (tertiary/aromatic N) is 5. The molecule has 0 bridgehead atoms. The number of nitrogens with one attached hydrogen (secondary N) is 1. The van der Waals surface area contributed by atoms with Crippen molar-refractivity contribution >= 4 is 94.3 Å². The lowest BCUT2D eigenvalue weighted by molar-refractivity contribution is 1.02. The maximum atomic E-state index is 5.41. The average molecular weight is 941 g/mol. The van der Waals surface area contributed by atoms with Crippen molar-refractivity contribution in [2.24, 2.45) is 4.99 Å². The molecule has 1 N–H and O–H groups in total. The van der Waals surface area contributed by atoms with Gasteiger partial charge in [-0.2, -0.15) is 0 Å². The highest BCUT2D eigenvalue weighted by Crippen LogP contribution is 2.53. The summed E-state index contributed by atoms with van der Waals surface area (Å²) in [6.07, 6.45) is 0. The minimum atomic E-state index is 0.0343. The summed E-state index contributed by atoms with van der Waals surface area (Å²) in [5.41, 5.74) is 17.3. The van der Waals surface area contributed by atoms with Crippen LogP contribution >= 0.6 is 22.7 Å². The van der Waals surface area contributed by atoms with Gasteiger partial charge in [-0.25, -0.2) is 9.97 Å². The Bertz CT molecular complexity index is 3640. The molecule has 0 aliphatic carbocycles. The average Bonchev–Trinajstić information content (AvgIpc) is 4.04. The second-order valence-corrected chi connectivity index (χ2v) is 19.8. The third-order valence-electron chi connectivity index (χ3n) is 13.3. The number of thiophene rings is 2. The predicted octanol–water partition coefficient (Wildman–Crippen LogP) is 18.0. The van der Waals surface area contributed by atoms with Crippen molar-refractivity contribution in [3.8, 4) is 43.1 Å². The molecule has 1 aliphatic heterocycles. The van der Waals surface area contributed by atoms with Gasteiger partial charge in [0, 0.05) is 60.1 Å². The van der Waals surface area contributed by atoms with E-state index in [1.807, 2.05) is 11.3 Å². The molecule has 1 unspecified atom stereocenters. The Labute approximate surface area is 416 Å². The molecular formula is C62H48N6S2. The fourth-order valence-corrected chi connectivity index (χ4v) is 11.9. The van der Waals surface area contributed by atoms with Gasteiger partial charge >= 0.3 is 0 Å². The Hall–Kier alpha value is -8.17. The van der Waals surface area contributed by atoms with Crippen molar-refractivity contribution in [2.75, 3.05) is 15.1 Å². The zero-order valence-corrected chi connectivity index (χ0v) is 40.9. The minimum Gasteiger partial charge on any atom is -0.375 e. The lowest BCUT2D eigenvalue weighted by atomic mass is 9.90. The van der Waals surface area contributed by atoms with E-state index in [4.69, 9.17) is 15.0 Å². The predicted molar refractivity (Wildman–Crippen MR) is 299 cm³/mol. The number of para-hydroxylation sites is 4. The Morgan fingerprint density at radius 3 is 1.46 bits per heavy atom. The summed E-state index contributed by atoms with van der Waals surface area (Å²) in [5, 5.41) is 8.67. The number of rotatable bonds is 10. The summed E-state index contributed by atoms with van der Waals surface area (Å²) < 4.78 is 0. The van der Waals surface area contributed by atoms with E-state index < -0.39 is 0 Å². The van der Waals surface area contributed by atoms with Crippen LogP contribution in [0.3, 0.4) is 0 Å². The first-order valence-corrected chi connectivity index (χ1v) is 25.3. The molecule has 0 fully saturated rings. The molecule has 0 saturated carbocycles. The summed E-state index contributed by atoms with van der Waals surface area (Å²) in [4.78, 5) is 23.2. The summed E-state index contributed by atoms with van der Waals surface area (Å²) in [5.74, 6) is 0. The second kappa shape index (κ2) is 18.1. The van der Waals surface area contributed by atoms with Crippen LogP contribution in [0, 0.1) is 13.8 Å². The van der Waals surface area contributed by atoms with E-state index in [1.165, 1.54) is 25.5 Å². The molecule has 12 rings (SSSR count). The number of aliphatic imine (C=N–C) groups is 1. The fourth-order valence-electron chi connectivity index (χ4n) is 9.57. The molecule has 1 aliphatic rings. The Morgan fingerprint density at radius 1 is 0.443 bits per heavy atom. The van der Waals surface area contributed by atoms with Crippen molar-refractivity contribution in [2.45, 2.75) is 33.7 Å². The van der Waals surface area contributed by atoms with Crippen LogP contribution in [0.4, 0.5) is 44.1 Å². The van der Waals surface area contributed by atoms with Gasteiger partial charge in [0.25, 0.3) is 0 Å². The van der Waals surface area contributed by atoms with Crippen molar-refractivity contribution < 1.29 is 0 Å². The maximum Gasteiger partial charge on any atom is 0.109 e. The van der Waals surface area contributed by atoms with Gasteiger partial charge in [-0.05, 0) is 111 Å². The number of aryl methyl sites for hydroxylation is 2. The van der Waals surface area contributed by atoms with Crippen LogP contribution in [0.5, 0.6) is 0 Å². The van der Waals surface area contributed by atoms with Crippen LogP contribution in [0.15, 0.2) is 211 Å². The van der Waals surface area contributed by atoms with Crippen LogP contribution in [0.25, 0.3) is 64.9 Å². The van der Waals surface area contributed by atoms with Gasteiger partial charge in [-0.3, -0.25) is 4.99 Å². The van der Waals surface area contributed by atoms with Crippen LogP contribution in [0.1, 0.15) is 25.2 Å². The highest BCUT2D eigenvalue weighted by Gasteiger charge is 2.29. The number of hydrogen-bond donors (Lipinski definition) is 1. The quantitative estimate of drug-likeness (QED) is 0.148. The SMILES string of the molecule is CC1=Nc2c(c(-c3ccc(-c4ccc(N(c5ccccc5)c5ccccc5)s4)cc3)c3nc(C)c(C)nc3c2-c2ccc(-c3sc(N(c4ccccc4)c4ccccc4)c4ccccc34)cc2)NC1C. The third kappa shape index (κ3) is 7.71. The van der Waals surface area contributed by atoms with E-state index in [0.717, 1.165) is 101 Å². The number of benzene rings is 8. The molecule has 0 saturated heterocycles. The van der Waals surface area contributed by atoms with Gasteiger partial charge in [0.2, 0.25) is 0 Å². The van der Waals surface area contributed by atoms with Crippen molar-refractivity contribution in [3.05, 3.63) is 218 Å². The normalized spacial score (nSPS) is 13.2. The lowest BCUT2D eigenvalue weighted by Gasteiger charge is -2.28. The summed E-state index contributed by atoms with van der Waals surface area (Å²) in [6, 6.07) is 73.6. The van der Waals surface area contributed by atoms with Crippen LogP contribution < -0.4 is 15.1 Å². The zero-order valence-electron chi connectivity index (χ0n) is 39.3. The van der Waals surface area contributed by atoms with Crippen LogP contribution in [0.2, 0.25) is 0 Å². The zero-order chi connectivity index (χ0) is 47.3. The smallest absolute Gasteiger partial charge is 0.109 e. The Morgan fingerprint density at radius 2 is 0.900 bits per heavy atom. The topological polar surface area (TPSA) is 56.7 Å². The van der Waals surface area contributed by atoms with Crippen molar-refractivity contribution in [1.82, 2.24) is 9.97 Å². The first kappa shape index (κ1) is 43.1. The molecule has 338 valence electrons. The van der Waals surface area contributed by atoms with Crippen molar-refractivity contribution in [1.29, 1.82) is 0 Å². The monoisotopic (exact) mass is 940 g/mol. The number of anilines is 7. The van der Waals surface area contributed by atoms with Gasteiger partial charge in [0.05, 0.1) is 39.8 Å². The summed E-state index contributed by atoms with van der Waals surface area (Å²) in [6.45, 7) is 8.40. The second-order valence-electron chi connectivity index (χ2n) is 17.8. The summed E-state index contributed by atoms with van der Waals surface area (Å²) >= 11 is 3.61. The maximum absolute atomic E-state index is 5.41. The minimum absolute atomic E-state index is 0.0343. The Kier molecular flexibility index (Phi) is 11.1. The van der Waals surface area contributed by atoms with Crippen molar-refractivity contribution in [3.63, 3.8) is 0 Å². The third-order valence-corrected chi connectivity index (χ3v) is 15.7. The van der Waals surface area contributed by atoms with Crippen LogP contribution in [-0.4, -0.2) is 21.7 Å². The molecule has 6 nitrogen and oxygen atoms in total. The molecule has 11 aromatic rings. The van der Waals surface area contributed by atoms with Gasteiger partial charge in [-0.15, -0.1) is 22.7 Å². The molecule has 1 atom stereocenters. The van der Waals surface area contributed by atoms with E-state index in [1.54, 1.807) is 11.3 Å². The van der Waals surface area contributed by atoms with Crippen LogP contribution in [-0.2, 0) is 0 Å². The largest absolute Gasteiger partial charge is 0.375 e. The highest BCUT2D eigenvalue weighted by atomic mass is 32.1. The van der Waals surface area contributed by atoms with E-state index in [9.17, 15) is 0 Å². The van der Waals surface area contributed by atoms with E-state index in [0.29, 0.717) is 0 Å². The van der Waals surface area contributed by atoms with E-state index >= 15 is 0 Å². The first-order chi connectivity index (χ1) is 34.4. The molecular weight excluding hydrogens is 893 g/mol. The fraction of sp³-hybridized carbons (Fsp3) is 0.0806. The van der Waals surface area contributed by atoms with Gasteiger partial charge in [0.15, 0.2) is 0 Å². The van der Waals surface area contributed by atoms with Gasteiger partial charge in [0.1, 0.15) is 10.0 Å². The first-order valence-electron chi connectivity index (χ1n) is 23.7. The van der Waals surface area contributed by atoms with Gasteiger partial charge in [-0.1, -0.05) is 146 Å². The van der Waals surface area contributed by atoms with E-state index in [2.05, 4.69) is 249 Å². The molecule has 3 aromatic heterocycles. The standard InChI is InChI=1S/C62H48N6S2/c1-39-41(3)65-59-56(45-33-35-46(36-34-45)61-51-27-17-18-28-52(51)62(70-61)68(49-23-13-7-14-24-49)50-25-15-8-16-26-50)60-58(64-40(2)42(4)66-60)55(57(59)63-39)44-31-29-43(30-32-44)53-37-38-54(69-53)67(47-19-9-5-10-20-47)48-21-11-6-12-22-48/h5-39,63H,1-4H3. The molecule has 8 heteroatoms. The molecule has 8 aromatic carbocycles. The Balaban J connectivity index is 0.954. The molecule has 70 heavy (non-hydrogen) atoms. The molecule has 4 heterocycles. The highest BCUT2D eigenvalue weighted by molar-refractivity contribution is 7.21. The summed E-state index contributed by atoms with van der Waals surface area (Å²) in [7, 11) is 0. The lowest BCUT2D eigenvalue weighted by Crippen LogP contribution is -2.27. The molecule has 0 spiro atoms. The number of fused-ring (bicyclic) bond motifs is 3.